The van der Waals surface area contributed by atoms with Gasteiger partial charge in [0, 0.05) is 31.8 Å². The van der Waals surface area contributed by atoms with Gasteiger partial charge in [-0.25, -0.2) is 0 Å². The van der Waals surface area contributed by atoms with E-state index in [1.54, 1.807) is 0 Å². The lowest BCUT2D eigenvalue weighted by atomic mass is 9.82. The first kappa shape index (κ1) is 13.9. The molecule has 2 aliphatic rings. The highest BCUT2D eigenvalue weighted by molar-refractivity contribution is 5.46. The number of anilines is 1. The average Bonchev–Trinajstić information content (AvgIpc) is 2.48. The molecule has 1 atom stereocenters. The van der Waals surface area contributed by atoms with Crippen LogP contribution in [0.2, 0.25) is 0 Å². The first-order chi connectivity index (χ1) is 9.69. The smallest absolute Gasteiger partial charge is 0.184 e. The first-order valence-electron chi connectivity index (χ1n) is 7.75. The van der Waals surface area contributed by atoms with Gasteiger partial charge >= 0.3 is 0 Å². The van der Waals surface area contributed by atoms with Crippen molar-refractivity contribution in [3.05, 3.63) is 29.8 Å². The number of rotatable bonds is 2. The summed E-state index contributed by atoms with van der Waals surface area (Å²) in [7, 11) is 4.11. The Labute approximate surface area is 121 Å². The van der Waals surface area contributed by atoms with Crippen LogP contribution in [-0.2, 0) is 9.47 Å². The highest BCUT2D eigenvalue weighted by atomic mass is 16.7. The molecule has 1 saturated heterocycles. The lowest BCUT2D eigenvalue weighted by Gasteiger charge is -2.43. The summed E-state index contributed by atoms with van der Waals surface area (Å²) < 4.78 is 12.2. The number of nitrogens with zero attached hydrogens (tertiary/aromatic N) is 1. The van der Waals surface area contributed by atoms with Gasteiger partial charge in [0.05, 0.1) is 12.2 Å². The van der Waals surface area contributed by atoms with E-state index in [9.17, 15) is 0 Å². The summed E-state index contributed by atoms with van der Waals surface area (Å²) in [5.74, 6) is 0. The predicted octanol–water partition coefficient (Wildman–Crippen LogP) is 3.89. The van der Waals surface area contributed by atoms with Gasteiger partial charge in [-0.05, 0) is 25.0 Å². The second-order valence-corrected chi connectivity index (χ2v) is 6.30. The molecule has 0 aromatic heterocycles. The summed E-state index contributed by atoms with van der Waals surface area (Å²) in [6, 6.07) is 8.51. The molecular formula is C17H25NO2. The molecule has 0 radical (unpaired) electrons. The van der Waals surface area contributed by atoms with Crippen molar-refractivity contribution in [2.75, 3.05) is 25.6 Å². The molecule has 1 saturated carbocycles. The van der Waals surface area contributed by atoms with Gasteiger partial charge in [-0.3, -0.25) is 0 Å². The molecule has 1 aliphatic carbocycles. The van der Waals surface area contributed by atoms with Crippen LogP contribution < -0.4 is 4.90 Å². The molecule has 1 aromatic rings. The predicted molar refractivity (Wildman–Crippen MR) is 81.0 cm³/mol. The molecule has 3 nitrogen and oxygen atoms in total. The van der Waals surface area contributed by atoms with Crippen molar-refractivity contribution in [3.8, 4) is 0 Å². The van der Waals surface area contributed by atoms with Crippen molar-refractivity contribution in [1.29, 1.82) is 0 Å². The average molecular weight is 275 g/mol. The second kappa shape index (κ2) is 5.74. The van der Waals surface area contributed by atoms with E-state index in [0.717, 1.165) is 18.6 Å². The Hall–Kier alpha value is -1.06. The van der Waals surface area contributed by atoms with Crippen LogP contribution in [0.25, 0.3) is 0 Å². The fourth-order valence-corrected chi connectivity index (χ4v) is 3.33. The second-order valence-electron chi connectivity index (χ2n) is 6.30. The Balaban J connectivity index is 1.73. The van der Waals surface area contributed by atoms with Gasteiger partial charge in [-0.1, -0.05) is 31.4 Å². The Morgan fingerprint density at radius 1 is 1.00 bits per heavy atom. The third kappa shape index (κ3) is 2.84. The molecule has 0 amide bonds. The lowest BCUT2D eigenvalue weighted by Crippen LogP contribution is -2.42. The van der Waals surface area contributed by atoms with Crippen molar-refractivity contribution in [2.45, 2.75) is 50.4 Å². The van der Waals surface area contributed by atoms with E-state index in [1.807, 2.05) is 0 Å². The zero-order valence-corrected chi connectivity index (χ0v) is 12.6. The fourth-order valence-electron chi connectivity index (χ4n) is 3.33. The highest BCUT2D eigenvalue weighted by Gasteiger charge is 2.39. The largest absolute Gasteiger partial charge is 0.378 e. The topological polar surface area (TPSA) is 21.7 Å². The zero-order chi connectivity index (χ0) is 14.0. The van der Waals surface area contributed by atoms with E-state index < -0.39 is 0 Å². The van der Waals surface area contributed by atoms with E-state index >= 15 is 0 Å². The summed E-state index contributed by atoms with van der Waals surface area (Å²) in [5, 5.41) is 0. The van der Waals surface area contributed by atoms with E-state index in [-0.39, 0.29) is 11.9 Å². The third-order valence-corrected chi connectivity index (χ3v) is 4.63. The van der Waals surface area contributed by atoms with Gasteiger partial charge in [0.1, 0.15) is 0 Å². The summed E-state index contributed by atoms with van der Waals surface area (Å²) in [5.41, 5.74) is 2.43. The summed E-state index contributed by atoms with van der Waals surface area (Å²) in [6.45, 7) is 0.820. The minimum Gasteiger partial charge on any atom is -0.378 e. The first-order valence-corrected chi connectivity index (χ1v) is 7.75. The molecule has 1 aromatic carbocycles. The molecule has 1 spiro atoms. The van der Waals surface area contributed by atoms with Crippen LogP contribution in [0.15, 0.2) is 24.3 Å². The summed E-state index contributed by atoms with van der Waals surface area (Å²) in [4.78, 5) is 2.11. The molecule has 0 N–H and O–H groups in total. The quantitative estimate of drug-likeness (QED) is 0.817. The van der Waals surface area contributed by atoms with Gasteiger partial charge in [0.25, 0.3) is 0 Å². The van der Waals surface area contributed by atoms with Gasteiger partial charge < -0.3 is 14.4 Å². The van der Waals surface area contributed by atoms with Crippen LogP contribution in [-0.4, -0.2) is 26.3 Å². The van der Waals surface area contributed by atoms with Crippen molar-refractivity contribution < 1.29 is 9.47 Å². The standard InChI is InChI=1S/C17H25NO2/c1-18(2)15-8-6-14(7-9-15)16-19-13-12-17(20-16)10-4-3-5-11-17/h6-9,16H,3-5,10-13H2,1-2H3/t16-/m0/s1. The maximum Gasteiger partial charge on any atom is 0.184 e. The van der Waals surface area contributed by atoms with E-state index in [2.05, 4.69) is 43.3 Å². The zero-order valence-electron chi connectivity index (χ0n) is 12.6. The maximum absolute atomic E-state index is 6.37. The number of hydrogen-bond acceptors (Lipinski definition) is 3. The van der Waals surface area contributed by atoms with Crippen molar-refractivity contribution in [1.82, 2.24) is 0 Å². The van der Waals surface area contributed by atoms with Crippen molar-refractivity contribution >= 4 is 5.69 Å². The molecule has 3 heteroatoms. The maximum atomic E-state index is 6.37. The number of hydrogen-bond donors (Lipinski definition) is 0. The number of benzene rings is 1. The number of ether oxygens (including phenoxy) is 2. The van der Waals surface area contributed by atoms with Gasteiger partial charge in [0.2, 0.25) is 0 Å². The highest BCUT2D eigenvalue weighted by Crippen LogP contribution is 2.42. The molecule has 0 unspecified atom stereocenters. The summed E-state index contributed by atoms with van der Waals surface area (Å²) >= 11 is 0. The van der Waals surface area contributed by atoms with Gasteiger partial charge in [0.15, 0.2) is 6.29 Å². The molecule has 1 heterocycles. The van der Waals surface area contributed by atoms with Crippen LogP contribution in [0.1, 0.15) is 50.4 Å². The molecule has 110 valence electrons. The minimum atomic E-state index is -0.182. The molecule has 1 aliphatic heterocycles. The Morgan fingerprint density at radius 2 is 1.70 bits per heavy atom. The normalized spacial score (nSPS) is 25.6. The minimum absolute atomic E-state index is 0.0847. The summed E-state index contributed by atoms with van der Waals surface area (Å²) in [6.07, 6.45) is 7.22. The SMILES string of the molecule is CN(C)c1ccc([C@H]2OCCC3(CCCCC3)O2)cc1. The molecular weight excluding hydrogens is 250 g/mol. The van der Waals surface area contributed by atoms with E-state index in [4.69, 9.17) is 9.47 Å². The molecule has 20 heavy (non-hydrogen) atoms. The van der Waals surface area contributed by atoms with Crippen molar-refractivity contribution in [3.63, 3.8) is 0 Å². The Morgan fingerprint density at radius 3 is 2.35 bits per heavy atom. The van der Waals surface area contributed by atoms with Gasteiger partial charge in [-0.2, -0.15) is 0 Å². The molecule has 3 rings (SSSR count). The Bertz CT molecular complexity index is 429. The van der Waals surface area contributed by atoms with Gasteiger partial charge in [-0.15, -0.1) is 0 Å². The van der Waals surface area contributed by atoms with Crippen LogP contribution in [0.4, 0.5) is 5.69 Å². The van der Waals surface area contributed by atoms with Crippen molar-refractivity contribution in [2.24, 2.45) is 0 Å². The van der Waals surface area contributed by atoms with Crippen LogP contribution in [0.5, 0.6) is 0 Å². The van der Waals surface area contributed by atoms with E-state index in [0.29, 0.717) is 0 Å². The van der Waals surface area contributed by atoms with Crippen LogP contribution >= 0.6 is 0 Å². The monoisotopic (exact) mass is 275 g/mol. The van der Waals surface area contributed by atoms with Crippen LogP contribution in [0.3, 0.4) is 0 Å². The Kier molecular flexibility index (Phi) is 3.99. The lowest BCUT2D eigenvalue weighted by molar-refractivity contribution is -0.269. The fraction of sp³-hybridized carbons (Fsp3) is 0.647. The molecule has 0 bridgehead atoms. The van der Waals surface area contributed by atoms with E-state index in [1.165, 1.54) is 37.8 Å². The third-order valence-electron chi connectivity index (χ3n) is 4.63. The molecule has 2 fully saturated rings. The van der Waals surface area contributed by atoms with Crippen LogP contribution in [0, 0.1) is 0 Å².